The number of anilines is 1. The van der Waals surface area contributed by atoms with Crippen molar-refractivity contribution in [2.24, 2.45) is 0 Å². The van der Waals surface area contributed by atoms with E-state index in [1.165, 1.54) is 4.90 Å². The molecule has 2 aromatic heterocycles. The topological polar surface area (TPSA) is 89.4 Å². The molecule has 2 amide bonds. The lowest BCUT2D eigenvalue weighted by Crippen LogP contribution is -2.24. The molecule has 4 rings (SSSR count). The predicted molar refractivity (Wildman–Crippen MR) is 107 cm³/mol. The molecule has 8 nitrogen and oxygen atoms in total. The molecule has 1 N–H and O–H groups in total. The van der Waals surface area contributed by atoms with Crippen LogP contribution in [-0.4, -0.2) is 39.9 Å². The third kappa shape index (κ3) is 3.96. The lowest BCUT2D eigenvalue weighted by molar-refractivity contribution is 0.0951. The van der Waals surface area contributed by atoms with Gasteiger partial charge in [0.15, 0.2) is 5.82 Å². The number of benzene rings is 1. The van der Waals surface area contributed by atoms with Gasteiger partial charge in [0, 0.05) is 29.7 Å². The fourth-order valence-corrected chi connectivity index (χ4v) is 3.21. The fourth-order valence-electron chi connectivity index (χ4n) is 3.21. The van der Waals surface area contributed by atoms with Crippen LogP contribution in [0.2, 0.25) is 0 Å². The van der Waals surface area contributed by atoms with Crippen LogP contribution in [-0.2, 0) is 11.3 Å². The summed E-state index contributed by atoms with van der Waals surface area (Å²) in [5.41, 5.74) is 4.08. The van der Waals surface area contributed by atoms with Crippen molar-refractivity contribution in [1.82, 2.24) is 20.1 Å². The zero-order valence-electron chi connectivity index (χ0n) is 16.3. The van der Waals surface area contributed by atoms with Gasteiger partial charge in [0.2, 0.25) is 0 Å². The van der Waals surface area contributed by atoms with Crippen LogP contribution in [0.1, 0.15) is 27.3 Å². The highest BCUT2D eigenvalue weighted by atomic mass is 16.6. The summed E-state index contributed by atoms with van der Waals surface area (Å²) in [5, 5.41) is 7.30. The van der Waals surface area contributed by atoms with Gasteiger partial charge in [0.1, 0.15) is 6.61 Å². The number of amides is 2. The van der Waals surface area contributed by atoms with Crippen molar-refractivity contribution in [2.45, 2.75) is 20.4 Å². The van der Waals surface area contributed by atoms with Gasteiger partial charge in [-0.15, -0.1) is 0 Å². The molecule has 148 valence electrons. The maximum absolute atomic E-state index is 12.4. The van der Waals surface area contributed by atoms with Crippen LogP contribution in [0, 0.1) is 13.8 Å². The molecule has 0 aliphatic carbocycles. The molecule has 3 heterocycles. The SMILES string of the molecule is Cc1cc(C)n(-c2ccc(CNC(=O)c3ccc(N4CCOC4=O)cc3)cn2)n1. The van der Waals surface area contributed by atoms with Crippen LogP contribution < -0.4 is 10.2 Å². The Morgan fingerprint density at radius 3 is 2.55 bits per heavy atom. The Kier molecular flexibility index (Phi) is 4.99. The lowest BCUT2D eigenvalue weighted by Gasteiger charge is -2.13. The molecule has 0 bridgehead atoms. The Morgan fingerprint density at radius 1 is 1.17 bits per heavy atom. The van der Waals surface area contributed by atoms with Crippen LogP contribution in [0.25, 0.3) is 5.82 Å². The van der Waals surface area contributed by atoms with E-state index in [-0.39, 0.29) is 12.0 Å². The van der Waals surface area contributed by atoms with Gasteiger partial charge in [-0.1, -0.05) is 6.07 Å². The number of cyclic esters (lactones) is 1. The van der Waals surface area contributed by atoms with E-state index in [0.717, 1.165) is 22.8 Å². The van der Waals surface area contributed by atoms with E-state index < -0.39 is 0 Å². The number of nitrogens with zero attached hydrogens (tertiary/aromatic N) is 4. The van der Waals surface area contributed by atoms with E-state index in [4.69, 9.17) is 4.74 Å². The maximum atomic E-state index is 12.4. The molecule has 0 spiro atoms. The number of aromatic nitrogens is 3. The molecule has 1 aromatic carbocycles. The molecule has 29 heavy (non-hydrogen) atoms. The fraction of sp³-hybridized carbons (Fsp3) is 0.238. The van der Waals surface area contributed by atoms with E-state index in [9.17, 15) is 9.59 Å². The summed E-state index contributed by atoms with van der Waals surface area (Å²) in [6, 6.07) is 12.7. The number of pyridine rings is 1. The summed E-state index contributed by atoms with van der Waals surface area (Å²) in [4.78, 5) is 30.0. The summed E-state index contributed by atoms with van der Waals surface area (Å²) < 4.78 is 6.71. The van der Waals surface area contributed by atoms with E-state index in [2.05, 4.69) is 15.4 Å². The number of rotatable bonds is 5. The highest BCUT2D eigenvalue weighted by molar-refractivity contribution is 5.95. The van der Waals surface area contributed by atoms with E-state index >= 15 is 0 Å². The number of hydrogen-bond acceptors (Lipinski definition) is 5. The van der Waals surface area contributed by atoms with Crippen LogP contribution in [0.5, 0.6) is 0 Å². The molecule has 1 aliphatic rings. The van der Waals surface area contributed by atoms with Crippen LogP contribution >= 0.6 is 0 Å². The zero-order chi connectivity index (χ0) is 20.4. The number of aryl methyl sites for hydroxylation is 2. The van der Waals surface area contributed by atoms with Crippen molar-refractivity contribution in [3.05, 3.63) is 71.2 Å². The van der Waals surface area contributed by atoms with Gasteiger partial charge in [-0.25, -0.2) is 14.5 Å². The quantitative estimate of drug-likeness (QED) is 0.722. The zero-order valence-corrected chi connectivity index (χ0v) is 16.3. The number of ether oxygens (including phenoxy) is 1. The second kappa shape index (κ2) is 7.75. The van der Waals surface area contributed by atoms with E-state index in [0.29, 0.717) is 30.9 Å². The third-order valence-corrected chi connectivity index (χ3v) is 4.69. The lowest BCUT2D eigenvalue weighted by atomic mass is 10.1. The van der Waals surface area contributed by atoms with Crippen LogP contribution in [0.4, 0.5) is 10.5 Å². The standard InChI is InChI=1S/C21H21N5O3/c1-14-11-15(2)26(24-14)19-8-3-16(12-22-19)13-23-20(27)17-4-6-18(7-5-17)25-9-10-29-21(25)28/h3-8,11-12H,9-10,13H2,1-2H3,(H,23,27). The van der Waals surface area contributed by atoms with Gasteiger partial charge >= 0.3 is 6.09 Å². The second-order valence-electron chi connectivity index (χ2n) is 6.86. The van der Waals surface area contributed by atoms with Gasteiger partial charge in [0.25, 0.3) is 5.91 Å². The first kappa shape index (κ1) is 18.7. The summed E-state index contributed by atoms with van der Waals surface area (Å²) in [6.45, 7) is 5.19. The van der Waals surface area contributed by atoms with E-state index in [1.807, 2.05) is 32.0 Å². The first-order valence-electron chi connectivity index (χ1n) is 9.32. The molecule has 8 heteroatoms. The van der Waals surface area contributed by atoms with E-state index in [1.54, 1.807) is 35.1 Å². The first-order valence-corrected chi connectivity index (χ1v) is 9.32. The molecule has 1 fully saturated rings. The minimum Gasteiger partial charge on any atom is -0.447 e. The Balaban J connectivity index is 1.37. The minimum absolute atomic E-state index is 0.192. The number of carbonyl (C=O) groups is 2. The molecule has 1 saturated heterocycles. The molecule has 1 aliphatic heterocycles. The molecule has 0 radical (unpaired) electrons. The molecular formula is C21H21N5O3. The smallest absolute Gasteiger partial charge is 0.414 e. The first-order chi connectivity index (χ1) is 14.0. The number of hydrogen-bond donors (Lipinski definition) is 1. The molecule has 0 saturated carbocycles. The Hall–Kier alpha value is -3.68. The maximum Gasteiger partial charge on any atom is 0.414 e. The summed E-state index contributed by atoms with van der Waals surface area (Å²) in [7, 11) is 0. The van der Waals surface area contributed by atoms with Gasteiger partial charge in [0.05, 0.1) is 12.2 Å². The van der Waals surface area contributed by atoms with Crippen molar-refractivity contribution in [3.63, 3.8) is 0 Å². The van der Waals surface area contributed by atoms with Crippen LogP contribution in [0.15, 0.2) is 48.7 Å². The second-order valence-corrected chi connectivity index (χ2v) is 6.86. The van der Waals surface area contributed by atoms with Gasteiger partial charge in [-0.05, 0) is 55.8 Å². The molecule has 0 atom stereocenters. The van der Waals surface area contributed by atoms with Gasteiger partial charge in [-0.3, -0.25) is 9.69 Å². The van der Waals surface area contributed by atoms with Crippen molar-refractivity contribution in [2.75, 3.05) is 18.1 Å². The van der Waals surface area contributed by atoms with Crippen molar-refractivity contribution >= 4 is 17.7 Å². The highest BCUT2D eigenvalue weighted by Crippen LogP contribution is 2.19. The van der Waals surface area contributed by atoms with Crippen LogP contribution in [0.3, 0.4) is 0 Å². The number of nitrogens with one attached hydrogen (secondary N) is 1. The van der Waals surface area contributed by atoms with Crippen molar-refractivity contribution < 1.29 is 14.3 Å². The largest absolute Gasteiger partial charge is 0.447 e. The highest BCUT2D eigenvalue weighted by Gasteiger charge is 2.23. The Morgan fingerprint density at radius 2 is 1.97 bits per heavy atom. The van der Waals surface area contributed by atoms with Gasteiger partial charge in [-0.2, -0.15) is 5.10 Å². The number of carbonyl (C=O) groups excluding carboxylic acids is 2. The third-order valence-electron chi connectivity index (χ3n) is 4.69. The Labute approximate surface area is 168 Å². The summed E-state index contributed by atoms with van der Waals surface area (Å²) >= 11 is 0. The van der Waals surface area contributed by atoms with Crippen molar-refractivity contribution in [3.8, 4) is 5.82 Å². The molecule has 3 aromatic rings. The monoisotopic (exact) mass is 391 g/mol. The average Bonchev–Trinajstić information content (AvgIpc) is 3.31. The normalized spacial score (nSPS) is 13.4. The predicted octanol–water partition coefficient (Wildman–Crippen LogP) is 2.77. The molecule has 0 unspecified atom stereocenters. The minimum atomic E-state index is -0.362. The Bertz CT molecular complexity index is 1040. The van der Waals surface area contributed by atoms with Gasteiger partial charge < -0.3 is 10.1 Å². The average molecular weight is 391 g/mol. The summed E-state index contributed by atoms with van der Waals surface area (Å²) in [5.74, 6) is 0.546. The molecular weight excluding hydrogens is 370 g/mol. The van der Waals surface area contributed by atoms with Crippen molar-refractivity contribution in [1.29, 1.82) is 0 Å². The summed E-state index contributed by atoms with van der Waals surface area (Å²) in [6.07, 6.45) is 1.37.